The van der Waals surface area contributed by atoms with Crippen molar-refractivity contribution < 1.29 is 34.3 Å². The number of hydrogen-bond acceptors (Lipinski definition) is 4. The second-order valence-corrected chi connectivity index (χ2v) is 6.28. The van der Waals surface area contributed by atoms with Gasteiger partial charge in [0.15, 0.2) is 11.5 Å². The molecule has 4 nitrogen and oxygen atoms in total. The molecule has 0 fully saturated rings. The minimum atomic E-state index is 0. The normalized spacial score (nSPS) is 10.0. The number of nitrogens with one attached hydrogen (secondary N) is 1. The minimum absolute atomic E-state index is 0. The number of halogens is 3. The molecule has 2 rings (SSSR count). The first-order chi connectivity index (χ1) is 11.6. The van der Waals surface area contributed by atoms with Gasteiger partial charge in [-0.2, -0.15) is 0 Å². The zero-order chi connectivity index (χ0) is 17.4. The monoisotopic (exact) mass is 418 g/mol. The maximum absolute atomic E-state index is 6.04. The van der Waals surface area contributed by atoms with Gasteiger partial charge in [0.25, 0.3) is 0 Å². The van der Waals surface area contributed by atoms with Gasteiger partial charge in [0, 0.05) is 30.2 Å². The van der Waals surface area contributed by atoms with Gasteiger partial charge in [0.05, 0.1) is 7.11 Å². The lowest BCUT2D eigenvalue weighted by Crippen LogP contribution is -3.00. The molecular formula is C19H25Cl3N2O2-2. The van der Waals surface area contributed by atoms with E-state index in [2.05, 4.69) is 30.4 Å². The molecule has 0 bridgehead atoms. The molecule has 0 aromatic heterocycles. The second kappa shape index (κ2) is 13.1. The molecular weight excluding hydrogens is 395 g/mol. The summed E-state index contributed by atoms with van der Waals surface area (Å²) >= 11 is 5.92. The quantitative estimate of drug-likeness (QED) is 0.459. The first kappa shape index (κ1) is 24.8. The fourth-order valence-corrected chi connectivity index (χ4v) is 2.41. The van der Waals surface area contributed by atoms with Gasteiger partial charge in [-0.05, 0) is 37.9 Å². The smallest absolute Gasteiger partial charge is 0.166 e. The third-order valence-corrected chi connectivity index (χ3v) is 3.88. The summed E-state index contributed by atoms with van der Waals surface area (Å²) in [6, 6.07) is 13.6. The first-order valence-corrected chi connectivity index (χ1v) is 8.36. The van der Waals surface area contributed by atoms with Gasteiger partial charge in [-0.1, -0.05) is 35.9 Å². The van der Waals surface area contributed by atoms with Crippen LogP contribution in [0.25, 0.3) is 0 Å². The van der Waals surface area contributed by atoms with Crippen LogP contribution in [0.1, 0.15) is 11.1 Å². The molecule has 0 saturated heterocycles. The Labute approximate surface area is 173 Å². The predicted octanol–water partition coefficient (Wildman–Crippen LogP) is -2.41. The summed E-state index contributed by atoms with van der Waals surface area (Å²) < 4.78 is 11.5. The molecule has 2 aromatic rings. The van der Waals surface area contributed by atoms with Crippen LogP contribution in [0.2, 0.25) is 5.02 Å². The second-order valence-electron chi connectivity index (χ2n) is 5.84. The first-order valence-electron chi connectivity index (χ1n) is 7.98. The number of para-hydroxylation sites is 1. The summed E-state index contributed by atoms with van der Waals surface area (Å²) in [7, 11) is 5.79. The molecule has 0 aliphatic carbocycles. The average molecular weight is 420 g/mol. The maximum Gasteiger partial charge on any atom is 0.166 e. The summed E-state index contributed by atoms with van der Waals surface area (Å²) in [5.74, 6) is 1.53. The van der Waals surface area contributed by atoms with Gasteiger partial charge in [-0.15, -0.1) is 0 Å². The van der Waals surface area contributed by atoms with Gasteiger partial charge in [0.2, 0.25) is 0 Å². The summed E-state index contributed by atoms with van der Waals surface area (Å²) in [6.45, 7) is 3.12. The zero-order valence-electron chi connectivity index (χ0n) is 15.3. The highest BCUT2D eigenvalue weighted by Gasteiger charge is 2.11. The van der Waals surface area contributed by atoms with E-state index in [9.17, 15) is 0 Å². The topological polar surface area (TPSA) is 33.7 Å². The van der Waals surface area contributed by atoms with Crippen molar-refractivity contribution in [1.29, 1.82) is 0 Å². The molecule has 2 aromatic carbocycles. The van der Waals surface area contributed by atoms with Crippen molar-refractivity contribution in [2.45, 2.75) is 13.2 Å². The molecule has 1 N–H and O–H groups in total. The summed E-state index contributed by atoms with van der Waals surface area (Å²) in [5, 5.41) is 4.16. The van der Waals surface area contributed by atoms with Crippen molar-refractivity contribution in [2.75, 3.05) is 34.3 Å². The fourth-order valence-electron chi connectivity index (χ4n) is 2.29. The number of nitrogens with zero attached hydrogens (tertiary/aromatic N) is 1. The van der Waals surface area contributed by atoms with Crippen LogP contribution in [0.15, 0.2) is 42.5 Å². The van der Waals surface area contributed by atoms with E-state index in [4.69, 9.17) is 21.1 Å². The van der Waals surface area contributed by atoms with Gasteiger partial charge >= 0.3 is 0 Å². The van der Waals surface area contributed by atoms with E-state index in [1.807, 2.05) is 36.4 Å². The van der Waals surface area contributed by atoms with E-state index >= 15 is 0 Å². The molecule has 0 aliphatic rings. The molecule has 0 saturated carbocycles. The summed E-state index contributed by atoms with van der Waals surface area (Å²) in [6.07, 6.45) is 0. The van der Waals surface area contributed by atoms with Gasteiger partial charge < -0.3 is 44.5 Å². The van der Waals surface area contributed by atoms with Crippen LogP contribution in [-0.2, 0) is 13.2 Å². The van der Waals surface area contributed by atoms with Crippen molar-refractivity contribution in [2.24, 2.45) is 0 Å². The maximum atomic E-state index is 6.04. The van der Waals surface area contributed by atoms with Gasteiger partial charge in [-0.25, -0.2) is 0 Å². The molecule has 0 heterocycles. The highest BCUT2D eigenvalue weighted by Crippen LogP contribution is 2.31. The summed E-state index contributed by atoms with van der Waals surface area (Å²) in [4.78, 5) is 2.15. The van der Waals surface area contributed by atoms with Crippen molar-refractivity contribution in [3.8, 4) is 11.5 Å². The molecule has 146 valence electrons. The largest absolute Gasteiger partial charge is 1.00 e. The SMILES string of the molecule is COc1cccc(CNCCN(C)C)c1OCc1ccc(Cl)cc1.[Cl-].[Cl-]. The minimum Gasteiger partial charge on any atom is -1.00 e. The van der Waals surface area contributed by atoms with Crippen LogP contribution in [0.5, 0.6) is 11.5 Å². The Morgan fingerprint density at radius 2 is 1.73 bits per heavy atom. The third-order valence-electron chi connectivity index (χ3n) is 3.63. The molecule has 0 unspecified atom stereocenters. The van der Waals surface area contributed by atoms with E-state index in [0.717, 1.165) is 47.3 Å². The Kier molecular flexibility index (Phi) is 12.5. The molecule has 0 spiro atoms. The molecule has 26 heavy (non-hydrogen) atoms. The molecule has 0 aliphatic heterocycles. The Morgan fingerprint density at radius 3 is 2.35 bits per heavy atom. The fraction of sp³-hybridized carbons (Fsp3) is 0.368. The highest BCUT2D eigenvalue weighted by molar-refractivity contribution is 6.30. The predicted molar refractivity (Wildman–Crippen MR) is 99.0 cm³/mol. The van der Waals surface area contributed by atoms with Crippen LogP contribution in [0.3, 0.4) is 0 Å². The number of rotatable bonds is 9. The van der Waals surface area contributed by atoms with Crippen molar-refractivity contribution >= 4 is 11.6 Å². The third kappa shape index (κ3) is 8.02. The molecule has 0 amide bonds. The Balaban J connectivity index is 0.00000312. The lowest BCUT2D eigenvalue weighted by Gasteiger charge is -2.16. The van der Waals surface area contributed by atoms with Crippen molar-refractivity contribution in [3.63, 3.8) is 0 Å². The van der Waals surface area contributed by atoms with Gasteiger partial charge in [-0.3, -0.25) is 0 Å². The Hall–Kier alpha value is -1.17. The van der Waals surface area contributed by atoms with Crippen LogP contribution in [0.4, 0.5) is 0 Å². The molecule has 0 radical (unpaired) electrons. The summed E-state index contributed by atoms with van der Waals surface area (Å²) in [5.41, 5.74) is 2.15. The Bertz CT molecular complexity index is 637. The standard InChI is InChI=1S/C19H25ClN2O2.2ClH/c1-22(2)12-11-21-13-16-5-4-6-18(23-3)19(16)24-14-15-7-9-17(20)10-8-15;;/h4-10,21H,11-14H2,1-3H3;2*1H/p-2. The average Bonchev–Trinajstić information content (AvgIpc) is 2.58. The van der Waals surface area contributed by atoms with E-state index in [-0.39, 0.29) is 24.8 Å². The van der Waals surface area contributed by atoms with Crippen LogP contribution in [-0.4, -0.2) is 39.2 Å². The van der Waals surface area contributed by atoms with E-state index < -0.39 is 0 Å². The highest BCUT2D eigenvalue weighted by atomic mass is 35.5. The zero-order valence-corrected chi connectivity index (χ0v) is 17.5. The number of hydrogen-bond donors (Lipinski definition) is 1. The van der Waals surface area contributed by atoms with Crippen molar-refractivity contribution in [1.82, 2.24) is 10.2 Å². The lowest BCUT2D eigenvalue weighted by molar-refractivity contribution is -0.00100. The van der Waals surface area contributed by atoms with Crippen LogP contribution < -0.4 is 39.6 Å². The number of ether oxygens (including phenoxy) is 2. The molecule has 7 heteroatoms. The number of likely N-dealkylation sites (N-methyl/N-ethyl adjacent to an activating group) is 1. The van der Waals surface area contributed by atoms with E-state index in [1.165, 1.54) is 0 Å². The van der Waals surface area contributed by atoms with Gasteiger partial charge in [0.1, 0.15) is 6.61 Å². The Morgan fingerprint density at radius 1 is 1.04 bits per heavy atom. The number of benzene rings is 2. The van der Waals surface area contributed by atoms with Crippen molar-refractivity contribution in [3.05, 3.63) is 58.6 Å². The van der Waals surface area contributed by atoms with E-state index in [0.29, 0.717) is 6.61 Å². The van der Waals surface area contributed by atoms with E-state index in [1.54, 1.807) is 7.11 Å². The molecule has 0 atom stereocenters. The number of methoxy groups -OCH3 is 1. The van der Waals surface area contributed by atoms with Crippen LogP contribution >= 0.6 is 11.6 Å². The lowest BCUT2D eigenvalue weighted by atomic mass is 10.1. The van der Waals surface area contributed by atoms with Crippen LogP contribution in [0, 0.1) is 0 Å².